The van der Waals surface area contributed by atoms with Crippen molar-refractivity contribution in [1.82, 2.24) is 4.90 Å². The van der Waals surface area contributed by atoms with E-state index in [4.69, 9.17) is 5.73 Å². The Hall–Kier alpha value is -1.37. The molecule has 3 nitrogen and oxygen atoms in total. The van der Waals surface area contributed by atoms with Gasteiger partial charge in [-0.05, 0) is 43.5 Å². The van der Waals surface area contributed by atoms with Crippen LogP contribution < -0.4 is 5.73 Å². The van der Waals surface area contributed by atoms with Crippen molar-refractivity contribution < 1.29 is 0 Å². The summed E-state index contributed by atoms with van der Waals surface area (Å²) in [6, 6.07) is 10.8. The zero-order valence-electron chi connectivity index (χ0n) is 12.4. The third-order valence-corrected chi connectivity index (χ3v) is 4.56. The lowest BCUT2D eigenvalue weighted by atomic mass is 9.83. The summed E-state index contributed by atoms with van der Waals surface area (Å²) in [5.41, 5.74) is 7.89. The first-order valence-corrected chi connectivity index (χ1v) is 7.72. The minimum Gasteiger partial charge on any atom is -0.330 e. The van der Waals surface area contributed by atoms with E-state index in [-0.39, 0.29) is 0 Å². The lowest BCUT2D eigenvalue weighted by Crippen LogP contribution is -2.44. The normalized spacial score (nSPS) is 22.7. The van der Waals surface area contributed by atoms with Crippen LogP contribution in [-0.4, -0.2) is 24.0 Å². The largest absolute Gasteiger partial charge is 0.330 e. The highest BCUT2D eigenvalue weighted by molar-refractivity contribution is 5.37. The first-order chi connectivity index (χ1) is 9.80. The van der Waals surface area contributed by atoms with E-state index in [0.717, 1.165) is 30.8 Å². The Labute approximate surface area is 122 Å². The molecule has 0 aliphatic heterocycles. The number of nitrogens with two attached hydrogens (primary N) is 1. The van der Waals surface area contributed by atoms with Crippen LogP contribution in [-0.2, 0) is 6.54 Å². The SMILES string of the molecule is CCN(Cc1ccccc1C#N)C1CCCCC1CN. The summed E-state index contributed by atoms with van der Waals surface area (Å²) in [5, 5.41) is 9.22. The van der Waals surface area contributed by atoms with Crippen molar-refractivity contribution in [3.8, 4) is 6.07 Å². The van der Waals surface area contributed by atoms with Crippen molar-refractivity contribution in [2.24, 2.45) is 11.7 Å². The van der Waals surface area contributed by atoms with Crippen LogP contribution in [0.2, 0.25) is 0 Å². The second-order valence-corrected chi connectivity index (χ2v) is 5.68. The molecule has 2 rings (SSSR count). The van der Waals surface area contributed by atoms with E-state index in [1.54, 1.807) is 0 Å². The number of hydrogen-bond donors (Lipinski definition) is 1. The Morgan fingerprint density at radius 1 is 1.30 bits per heavy atom. The molecule has 1 saturated carbocycles. The maximum absolute atomic E-state index is 9.22. The van der Waals surface area contributed by atoms with Crippen LogP contribution in [0.25, 0.3) is 0 Å². The predicted octanol–water partition coefficient (Wildman–Crippen LogP) is 2.90. The van der Waals surface area contributed by atoms with Crippen LogP contribution in [0.4, 0.5) is 0 Å². The molecule has 2 atom stereocenters. The third kappa shape index (κ3) is 3.39. The standard InChI is InChI=1S/C17H25N3/c1-2-20(17-10-6-5-8-15(17)12-19)13-16-9-4-3-7-14(16)11-18/h3-4,7,9,15,17H,2,5-6,8,10,12-13,19H2,1H3. The van der Waals surface area contributed by atoms with E-state index in [9.17, 15) is 5.26 Å². The molecule has 0 aromatic heterocycles. The summed E-state index contributed by atoms with van der Waals surface area (Å²) in [7, 11) is 0. The maximum atomic E-state index is 9.22. The van der Waals surface area contributed by atoms with Gasteiger partial charge in [0.1, 0.15) is 0 Å². The molecule has 3 heteroatoms. The van der Waals surface area contributed by atoms with Crippen molar-refractivity contribution in [2.45, 2.75) is 45.2 Å². The van der Waals surface area contributed by atoms with Gasteiger partial charge >= 0.3 is 0 Å². The molecule has 1 aliphatic carbocycles. The minimum absolute atomic E-state index is 0.575. The van der Waals surface area contributed by atoms with Crippen molar-refractivity contribution in [3.05, 3.63) is 35.4 Å². The quantitative estimate of drug-likeness (QED) is 0.896. The second kappa shape index (κ2) is 7.42. The summed E-state index contributed by atoms with van der Waals surface area (Å²) in [6.07, 6.45) is 5.10. The summed E-state index contributed by atoms with van der Waals surface area (Å²) in [4.78, 5) is 2.51. The first kappa shape index (κ1) is 15.0. The van der Waals surface area contributed by atoms with Gasteiger partial charge in [-0.3, -0.25) is 4.90 Å². The number of nitrogens with zero attached hydrogens (tertiary/aromatic N) is 2. The van der Waals surface area contributed by atoms with Gasteiger partial charge in [0.25, 0.3) is 0 Å². The molecule has 20 heavy (non-hydrogen) atoms. The lowest BCUT2D eigenvalue weighted by molar-refractivity contribution is 0.105. The topological polar surface area (TPSA) is 53.0 Å². The molecule has 108 valence electrons. The fraction of sp³-hybridized carbons (Fsp3) is 0.588. The number of nitriles is 1. The average molecular weight is 271 g/mol. The van der Waals surface area contributed by atoms with Gasteiger partial charge < -0.3 is 5.73 Å². The Kier molecular flexibility index (Phi) is 5.58. The van der Waals surface area contributed by atoms with E-state index in [2.05, 4.69) is 24.0 Å². The van der Waals surface area contributed by atoms with Gasteiger partial charge in [-0.15, -0.1) is 0 Å². The van der Waals surface area contributed by atoms with Crippen LogP contribution in [0.3, 0.4) is 0 Å². The van der Waals surface area contributed by atoms with Crippen LogP contribution >= 0.6 is 0 Å². The molecular formula is C17H25N3. The van der Waals surface area contributed by atoms with E-state index in [1.165, 1.54) is 25.7 Å². The van der Waals surface area contributed by atoms with Crippen molar-refractivity contribution >= 4 is 0 Å². The molecule has 1 aromatic rings. The van der Waals surface area contributed by atoms with Gasteiger partial charge in [0.05, 0.1) is 11.6 Å². The molecule has 0 amide bonds. The van der Waals surface area contributed by atoms with Gasteiger partial charge in [0, 0.05) is 12.6 Å². The van der Waals surface area contributed by atoms with Gasteiger partial charge in [-0.1, -0.05) is 38.0 Å². The van der Waals surface area contributed by atoms with Crippen LogP contribution in [0, 0.1) is 17.2 Å². The third-order valence-electron chi connectivity index (χ3n) is 4.56. The summed E-state index contributed by atoms with van der Waals surface area (Å²) < 4.78 is 0. The summed E-state index contributed by atoms with van der Waals surface area (Å²) in [5.74, 6) is 0.609. The Bertz CT molecular complexity index is 464. The highest BCUT2D eigenvalue weighted by Gasteiger charge is 2.28. The first-order valence-electron chi connectivity index (χ1n) is 7.72. The van der Waals surface area contributed by atoms with Crippen LogP contribution in [0.1, 0.15) is 43.7 Å². The number of hydrogen-bond acceptors (Lipinski definition) is 3. The molecule has 1 aliphatic rings. The molecule has 2 unspecified atom stereocenters. The Morgan fingerprint density at radius 3 is 2.75 bits per heavy atom. The van der Waals surface area contributed by atoms with E-state index in [0.29, 0.717) is 12.0 Å². The molecule has 1 aromatic carbocycles. The molecule has 0 radical (unpaired) electrons. The second-order valence-electron chi connectivity index (χ2n) is 5.68. The van der Waals surface area contributed by atoms with Crippen molar-refractivity contribution in [3.63, 3.8) is 0 Å². The smallest absolute Gasteiger partial charge is 0.0995 e. The highest BCUT2D eigenvalue weighted by atomic mass is 15.2. The molecular weight excluding hydrogens is 246 g/mol. The predicted molar refractivity (Wildman–Crippen MR) is 82.0 cm³/mol. The molecule has 0 saturated heterocycles. The molecule has 1 fully saturated rings. The monoisotopic (exact) mass is 271 g/mol. The summed E-state index contributed by atoms with van der Waals surface area (Å²) in [6.45, 7) is 4.86. The van der Waals surface area contributed by atoms with Crippen LogP contribution in [0.5, 0.6) is 0 Å². The van der Waals surface area contributed by atoms with Gasteiger partial charge in [0.2, 0.25) is 0 Å². The molecule has 0 bridgehead atoms. The molecule has 0 heterocycles. The Balaban J connectivity index is 2.14. The highest BCUT2D eigenvalue weighted by Crippen LogP contribution is 2.29. The minimum atomic E-state index is 0.575. The molecule has 2 N–H and O–H groups in total. The van der Waals surface area contributed by atoms with E-state index >= 15 is 0 Å². The van der Waals surface area contributed by atoms with Crippen molar-refractivity contribution in [2.75, 3.05) is 13.1 Å². The fourth-order valence-corrected chi connectivity index (χ4v) is 3.39. The average Bonchev–Trinajstić information content (AvgIpc) is 2.53. The Morgan fingerprint density at radius 2 is 2.05 bits per heavy atom. The van der Waals surface area contributed by atoms with Crippen molar-refractivity contribution in [1.29, 1.82) is 5.26 Å². The zero-order chi connectivity index (χ0) is 14.4. The fourth-order valence-electron chi connectivity index (χ4n) is 3.39. The van der Waals surface area contributed by atoms with E-state index in [1.807, 2.05) is 18.2 Å². The molecule has 0 spiro atoms. The number of rotatable bonds is 5. The number of benzene rings is 1. The van der Waals surface area contributed by atoms with Gasteiger partial charge in [-0.2, -0.15) is 5.26 Å². The van der Waals surface area contributed by atoms with Gasteiger partial charge in [0.15, 0.2) is 0 Å². The maximum Gasteiger partial charge on any atom is 0.0995 e. The van der Waals surface area contributed by atoms with Gasteiger partial charge in [-0.25, -0.2) is 0 Å². The zero-order valence-corrected chi connectivity index (χ0v) is 12.4. The lowest BCUT2D eigenvalue weighted by Gasteiger charge is -2.39. The van der Waals surface area contributed by atoms with E-state index < -0.39 is 0 Å². The van der Waals surface area contributed by atoms with Crippen LogP contribution in [0.15, 0.2) is 24.3 Å². The summed E-state index contributed by atoms with van der Waals surface area (Å²) >= 11 is 0.